The third kappa shape index (κ3) is 3.84. The lowest BCUT2D eigenvalue weighted by Gasteiger charge is -2.07. The van der Waals surface area contributed by atoms with Gasteiger partial charge in [0.2, 0.25) is 5.76 Å². The van der Waals surface area contributed by atoms with Crippen LogP contribution in [0.3, 0.4) is 0 Å². The lowest BCUT2D eigenvalue weighted by Crippen LogP contribution is -2.10. The zero-order chi connectivity index (χ0) is 13.5. The minimum Gasteiger partial charge on any atom is -0.487 e. The van der Waals surface area contributed by atoms with Crippen LogP contribution < -0.4 is 0 Å². The van der Waals surface area contributed by atoms with E-state index in [2.05, 4.69) is 0 Å². The van der Waals surface area contributed by atoms with E-state index in [0.29, 0.717) is 5.56 Å². The summed E-state index contributed by atoms with van der Waals surface area (Å²) in [6.07, 6.45) is 1.31. The molecule has 0 amide bonds. The molecule has 1 rings (SSSR count). The van der Waals surface area contributed by atoms with Crippen LogP contribution in [-0.2, 0) is 14.3 Å². The highest BCUT2D eigenvalue weighted by molar-refractivity contribution is 5.91. The van der Waals surface area contributed by atoms with E-state index in [4.69, 9.17) is 9.47 Å². The second-order valence-electron chi connectivity index (χ2n) is 3.34. The summed E-state index contributed by atoms with van der Waals surface area (Å²) in [6.45, 7) is 3.85. The van der Waals surface area contributed by atoms with Crippen molar-refractivity contribution in [3.8, 4) is 0 Å². The quantitative estimate of drug-likeness (QED) is 0.461. The van der Waals surface area contributed by atoms with Crippen molar-refractivity contribution in [2.24, 2.45) is 0 Å². The Morgan fingerprint density at radius 1 is 1.17 bits per heavy atom. The molecule has 1 aromatic carbocycles. The molecule has 3 nitrogen and oxygen atoms in total. The molecule has 0 radical (unpaired) electrons. The monoisotopic (exact) mass is 256 g/mol. The van der Waals surface area contributed by atoms with Gasteiger partial charge in [-0.3, -0.25) is 0 Å². The second kappa shape index (κ2) is 6.74. The molecule has 98 valence electrons. The Morgan fingerprint density at radius 2 is 1.83 bits per heavy atom. The van der Waals surface area contributed by atoms with E-state index in [0.717, 1.165) is 12.1 Å². The molecule has 1 aromatic rings. The van der Waals surface area contributed by atoms with Crippen molar-refractivity contribution in [2.75, 3.05) is 13.2 Å². The van der Waals surface area contributed by atoms with Crippen LogP contribution in [0.5, 0.6) is 0 Å². The molecule has 0 bridgehead atoms. The minimum absolute atomic E-state index is 0.0367. The molecule has 0 aromatic heterocycles. The predicted molar refractivity (Wildman–Crippen MR) is 62.6 cm³/mol. The normalized spacial score (nSPS) is 11.2. The number of rotatable bonds is 5. The zero-order valence-electron chi connectivity index (χ0n) is 10.2. The Kier molecular flexibility index (Phi) is 5.30. The maximum Gasteiger partial charge on any atom is 0.373 e. The van der Waals surface area contributed by atoms with Crippen LogP contribution in [0.15, 0.2) is 24.0 Å². The van der Waals surface area contributed by atoms with Crippen LogP contribution in [0.4, 0.5) is 8.78 Å². The first kappa shape index (κ1) is 14.2. The Bertz CT molecular complexity index is 456. The molecule has 0 unspecified atom stereocenters. The van der Waals surface area contributed by atoms with Crippen molar-refractivity contribution < 1.29 is 23.0 Å². The lowest BCUT2D eigenvalue weighted by molar-refractivity contribution is -0.142. The second-order valence-corrected chi connectivity index (χ2v) is 3.34. The molecule has 0 saturated carbocycles. The Morgan fingerprint density at radius 3 is 2.39 bits per heavy atom. The molecule has 0 N–H and O–H groups in total. The van der Waals surface area contributed by atoms with Crippen LogP contribution >= 0.6 is 0 Å². The molecule has 0 heterocycles. The van der Waals surface area contributed by atoms with E-state index in [1.807, 2.05) is 0 Å². The Labute approximate surface area is 104 Å². The first-order valence-corrected chi connectivity index (χ1v) is 5.55. The van der Waals surface area contributed by atoms with Gasteiger partial charge >= 0.3 is 5.97 Å². The summed E-state index contributed by atoms with van der Waals surface area (Å²) in [5, 5.41) is 0. The summed E-state index contributed by atoms with van der Waals surface area (Å²) in [5.74, 6) is -2.60. The van der Waals surface area contributed by atoms with Crippen molar-refractivity contribution in [1.82, 2.24) is 0 Å². The SMILES string of the molecule is CCOC(=O)/C(=C/c1ccc(F)c(F)c1)OCC. The number of carbonyl (C=O) groups is 1. The first-order chi connectivity index (χ1) is 8.58. The van der Waals surface area contributed by atoms with Crippen LogP contribution in [0, 0.1) is 11.6 Å². The lowest BCUT2D eigenvalue weighted by atomic mass is 10.2. The fraction of sp³-hybridized carbons (Fsp3) is 0.308. The number of hydrogen-bond acceptors (Lipinski definition) is 3. The molecular formula is C13H14F2O3. The molecule has 0 aliphatic rings. The minimum atomic E-state index is -0.983. The van der Waals surface area contributed by atoms with Gasteiger partial charge in [-0.2, -0.15) is 0 Å². The van der Waals surface area contributed by atoms with Gasteiger partial charge < -0.3 is 9.47 Å². The number of benzene rings is 1. The molecule has 0 aliphatic carbocycles. The van der Waals surface area contributed by atoms with E-state index in [1.165, 1.54) is 12.1 Å². The Hall–Kier alpha value is -1.91. The van der Waals surface area contributed by atoms with Gasteiger partial charge in [-0.25, -0.2) is 13.6 Å². The molecule has 0 saturated heterocycles. The van der Waals surface area contributed by atoms with Crippen molar-refractivity contribution in [3.05, 3.63) is 41.2 Å². The van der Waals surface area contributed by atoms with Gasteiger partial charge in [-0.1, -0.05) is 6.07 Å². The standard InChI is InChI=1S/C13H14F2O3/c1-3-17-12(13(16)18-4-2)8-9-5-6-10(14)11(15)7-9/h5-8H,3-4H2,1-2H3/b12-8-. The highest BCUT2D eigenvalue weighted by atomic mass is 19.2. The summed E-state index contributed by atoms with van der Waals surface area (Å²) in [5.41, 5.74) is 0.324. The van der Waals surface area contributed by atoms with Gasteiger partial charge in [0, 0.05) is 0 Å². The van der Waals surface area contributed by atoms with Gasteiger partial charge in [-0.05, 0) is 37.6 Å². The average Bonchev–Trinajstić information content (AvgIpc) is 2.33. The van der Waals surface area contributed by atoms with E-state index >= 15 is 0 Å². The van der Waals surface area contributed by atoms with Gasteiger partial charge in [-0.15, -0.1) is 0 Å². The highest BCUT2D eigenvalue weighted by Gasteiger charge is 2.12. The highest BCUT2D eigenvalue weighted by Crippen LogP contribution is 2.13. The molecule has 0 fully saturated rings. The number of esters is 1. The third-order valence-electron chi connectivity index (χ3n) is 2.02. The average molecular weight is 256 g/mol. The Balaban J connectivity index is 2.99. The predicted octanol–water partition coefficient (Wildman–Crippen LogP) is 2.91. The molecule has 0 spiro atoms. The molecular weight excluding hydrogens is 242 g/mol. The van der Waals surface area contributed by atoms with Gasteiger partial charge in [0.25, 0.3) is 0 Å². The number of ether oxygens (including phenoxy) is 2. The summed E-state index contributed by atoms with van der Waals surface area (Å²) < 4.78 is 35.6. The molecule has 0 aliphatic heterocycles. The number of halogens is 2. The maximum atomic E-state index is 13.0. The van der Waals surface area contributed by atoms with E-state index in [-0.39, 0.29) is 19.0 Å². The number of carbonyl (C=O) groups excluding carboxylic acids is 1. The van der Waals surface area contributed by atoms with Crippen LogP contribution in [0.1, 0.15) is 19.4 Å². The topological polar surface area (TPSA) is 35.5 Å². The van der Waals surface area contributed by atoms with Gasteiger partial charge in [0.15, 0.2) is 11.6 Å². The summed E-state index contributed by atoms with van der Waals surface area (Å²) in [6, 6.07) is 3.31. The molecule has 0 atom stereocenters. The zero-order valence-corrected chi connectivity index (χ0v) is 10.2. The fourth-order valence-electron chi connectivity index (χ4n) is 1.27. The number of hydrogen-bond donors (Lipinski definition) is 0. The van der Waals surface area contributed by atoms with E-state index in [1.54, 1.807) is 13.8 Å². The van der Waals surface area contributed by atoms with Crippen LogP contribution in [-0.4, -0.2) is 19.2 Å². The van der Waals surface area contributed by atoms with E-state index in [9.17, 15) is 13.6 Å². The summed E-state index contributed by atoms with van der Waals surface area (Å²) >= 11 is 0. The molecule has 18 heavy (non-hydrogen) atoms. The fourth-order valence-corrected chi connectivity index (χ4v) is 1.27. The van der Waals surface area contributed by atoms with Crippen molar-refractivity contribution in [1.29, 1.82) is 0 Å². The van der Waals surface area contributed by atoms with E-state index < -0.39 is 17.6 Å². The summed E-state index contributed by atoms with van der Waals surface area (Å²) in [7, 11) is 0. The van der Waals surface area contributed by atoms with Crippen molar-refractivity contribution in [3.63, 3.8) is 0 Å². The van der Waals surface area contributed by atoms with Crippen LogP contribution in [0.25, 0.3) is 6.08 Å². The largest absolute Gasteiger partial charge is 0.487 e. The first-order valence-electron chi connectivity index (χ1n) is 5.55. The van der Waals surface area contributed by atoms with Gasteiger partial charge in [0.05, 0.1) is 13.2 Å². The smallest absolute Gasteiger partial charge is 0.373 e. The van der Waals surface area contributed by atoms with Gasteiger partial charge in [0.1, 0.15) is 0 Å². The van der Waals surface area contributed by atoms with Crippen LogP contribution in [0.2, 0.25) is 0 Å². The summed E-state index contributed by atoms with van der Waals surface area (Å²) in [4.78, 5) is 11.5. The van der Waals surface area contributed by atoms with Crippen molar-refractivity contribution in [2.45, 2.75) is 13.8 Å². The molecule has 5 heteroatoms. The maximum absolute atomic E-state index is 13.0. The third-order valence-corrected chi connectivity index (χ3v) is 2.02. The van der Waals surface area contributed by atoms with Crippen molar-refractivity contribution >= 4 is 12.0 Å².